The van der Waals surface area contributed by atoms with E-state index in [9.17, 15) is 9.35 Å². The summed E-state index contributed by atoms with van der Waals surface area (Å²) in [6.45, 7) is 4.41. The highest BCUT2D eigenvalue weighted by atomic mass is 32.2. The fraction of sp³-hybridized carbons (Fsp3) is 0.381. The predicted molar refractivity (Wildman–Crippen MR) is 107 cm³/mol. The van der Waals surface area contributed by atoms with Crippen LogP contribution in [0, 0.1) is 12.8 Å². The van der Waals surface area contributed by atoms with Crippen molar-refractivity contribution in [2.45, 2.75) is 31.6 Å². The third-order valence-electron chi connectivity index (χ3n) is 4.92. The standard InChI is InChI=1S/C21H23NO4S/c1-4-27(24)15-7-8-19(25-12-14-5-6-14)16(10-15)18-11-22(3)21(23)20-17(18)9-13(2)26-20/h7-11,14H,4-6,12H2,1-3H3. The molecule has 2 heterocycles. The Morgan fingerprint density at radius 1 is 1.30 bits per heavy atom. The number of pyridine rings is 1. The average molecular weight is 385 g/mol. The Balaban J connectivity index is 1.91. The van der Waals surface area contributed by atoms with Crippen LogP contribution in [0.3, 0.4) is 0 Å². The number of furan rings is 1. The topological polar surface area (TPSA) is 67.4 Å². The smallest absolute Gasteiger partial charge is 0.293 e. The van der Waals surface area contributed by atoms with E-state index < -0.39 is 11.2 Å². The minimum Gasteiger partial charge on any atom is -0.611 e. The molecular formula is C21H23NO4S. The highest BCUT2D eigenvalue weighted by Gasteiger charge is 2.24. The minimum atomic E-state index is -1.07. The van der Waals surface area contributed by atoms with Crippen molar-refractivity contribution in [1.82, 2.24) is 4.57 Å². The van der Waals surface area contributed by atoms with Crippen molar-refractivity contribution in [1.29, 1.82) is 0 Å². The lowest BCUT2D eigenvalue weighted by atomic mass is 10.0. The van der Waals surface area contributed by atoms with Gasteiger partial charge in [-0.2, -0.15) is 0 Å². The third-order valence-corrected chi connectivity index (χ3v) is 6.22. The van der Waals surface area contributed by atoms with Crippen LogP contribution in [0.4, 0.5) is 0 Å². The molecule has 6 heteroatoms. The predicted octanol–water partition coefficient (Wildman–Crippen LogP) is 4.02. The van der Waals surface area contributed by atoms with Gasteiger partial charge in [-0.3, -0.25) is 4.79 Å². The Hall–Kier alpha value is -2.18. The number of benzene rings is 1. The molecule has 27 heavy (non-hydrogen) atoms. The molecule has 4 rings (SSSR count). The molecule has 0 radical (unpaired) electrons. The minimum absolute atomic E-state index is 0.171. The lowest BCUT2D eigenvalue weighted by Crippen LogP contribution is -2.16. The third kappa shape index (κ3) is 3.51. The van der Waals surface area contributed by atoms with Gasteiger partial charge in [-0.05, 0) is 62.0 Å². The van der Waals surface area contributed by atoms with E-state index in [1.807, 2.05) is 38.1 Å². The molecule has 1 fully saturated rings. The molecule has 5 nitrogen and oxygen atoms in total. The first kappa shape index (κ1) is 18.2. The molecule has 0 saturated heterocycles. The number of aromatic nitrogens is 1. The van der Waals surface area contributed by atoms with Gasteiger partial charge in [0.05, 0.1) is 6.61 Å². The Labute approximate surface area is 161 Å². The Morgan fingerprint density at radius 3 is 2.78 bits per heavy atom. The monoisotopic (exact) mass is 385 g/mol. The maximum absolute atomic E-state index is 12.4. The normalized spacial score (nSPS) is 15.3. The summed E-state index contributed by atoms with van der Waals surface area (Å²) in [6.07, 6.45) is 4.22. The molecule has 1 saturated carbocycles. The van der Waals surface area contributed by atoms with Crippen LogP contribution in [0.5, 0.6) is 5.75 Å². The van der Waals surface area contributed by atoms with Crippen LogP contribution in [0.15, 0.2) is 44.6 Å². The Bertz CT molecular complexity index is 1050. The van der Waals surface area contributed by atoms with Gasteiger partial charge in [-0.15, -0.1) is 0 Å². The van der Waals surface area contributed by atoms with Gasteiger partial charge in [0.2, 0.25) is 0 Å². The number of fused-ring (bicyclic) bond motifs is 1. The SMILES string of the molecule is CC[S+]([O-])c1ccc(OCC2CC2)c(-c2cn(C)c(=O)c3oc(C)cc23)c1. The molecule has 142 valence electrons. The summed E-state index contributed by atoms with van der Waals surface area (Å²) in [7, 11) is 1.71. The van der Waals surface area contributed by atoms with E-state index >= 15 is 0 Å². The summed E-state index contributed by atoms with van der Waals surface area (Å²) < 4.78 is 25.6. The number of hydrogen-bond donors (Lipinski definition) is 0. The molecule has 1 aliphatic rings. The van der Waals surface area contributed by atoms with Crippen LogP contribution >= 0.6 is 0 Å². The molecule has 1 aliphatic carbocycles. The van der Waals surface area contributed by atoms with E-state index in [1.165, 1.54) is 17.4 Å². The van der Waals surface area contributed by atoms with Crippen molar-refractivity contribution >= 4 is 22.1 Å². The first-order valence-corrected chi connectivity index (χ1v) is 10.5. The van der Waals surface area contributed by atoms with Gasteiger partial charge in [-0.25, -0.2) is 0 Å². The number of rotatable bonds is 6. The molecule has 1 atom stereocenters. The van der Waals surface area contributed by atoms with E-state index in [-0.39, 0.29) is 5.56 Å². The average Bonchev–Trinajstić information content (AvgIpc) is 3.42. The number of ether oxygens (including phenoxy) is 1. The largest absolute Gasteiger partial charge is 0.611 e. The van der Waals surface area contributed by atoms with E-state index in [1.54, 1.807) is 13.2 Å². The molecule has 0 N–H and O–H groups in total. The van der Waals surface area contributed by atoms with Gasteiger partial charge < -0.3 is 18.3 Å². The first-order valence-electron chi connectivity index (χ1n) is 9.23. The molecule has 0 amide bonds. The van der Waals surface area contributed by atoms with Crippen LogP contribution in [0.1, 0.15) is 25.5 Å². The second-order valence-electron chi connectivity index (χ2n) is 7.11. The molecule has 0 bridgehead atoms. The Morgan fingerprint density at radius 2 is 2.07 bits per heavy atom. The highest BCUT2D eigenvalue weighted by Crippen LogP contribution is 2.38. The van der Waals surface area contributed by atoms with Crippen LogP contribution in [-0.2, 0) is 18.2 Å². The van der Waals surface area contributed by atoms with E-state index in [0.717, 1.165) is 27.2 Å². The summed E-state index contributed by atoms with van der Waals surface area (Å²) >= 11 is -1.07. The van der Waals surface area contributed by atoms with E-state index in [4.69, 9.17) is 9.15 Å². The quantitative estimate of drug-likeness (QED) is 0.601. The summed E-state index contributed by atoms with van der Waals surface area (Å²) in [4.78, 5) is 13.2. The van der Waals surface area contributed by atoms with Crippen LogP contribution < -0.4 is 10.3 Å². The van der Waals surface area contributed by atoms with Gasteiger partial charge in [0.25, 0.3) is 5.56 Å². The van der Waals surface area contributed by atoms with Gasteiger partial charge in [0, 0.05) is 35.8 Å². The van der Waals surface area contributed by atoms with E-state index in [2.05, 4.69) is 0 Å². The van der Waals surface area contributed by atoms with Crippen molar-refractivity contribution in [2.24, 2.45) is 13.0 Å². The summed E-state index contributed by atoms with van der Waals surface area (Å²) in [6, 6.07) is 7.55. The highest BCUT2D eigenvalue weighted by molar-refractivity contribution is 7.91. The van der Waals surface area contributed by atoms with Crippen molar-refractivity contribution < 1.29 is 13.7 Å². The second kappa shape index (κ2) is 7.09. The van der Waals surface area contributed by atoms with Crippen LogP contribution in [0.25, 0.3) is 22.1 Å². The number of nitrogens with zero attached hydrogens (tertiary/aromatic N) is 1. The number of hydrogen-bond acceptors (Lipinski definition) is 4. The fourth-order valence-electron chi connectivity index (χ4n) is 3.22. The first-order chi connectivity index (χ1) is 13.0. The lowest BCUT2D eigenvalue weighted by molar-refractivity contribution is 0.301. The Kier molecular flexibility index (Phi) is 4.78. The summed E-state index contributed by atoms with van der Waals surface area (Å²) in [5, 5.41) is 0.756. The molecule has 0 aliphatic heterocycles. The van der Waals surface area contributed by atoms with Crippen molar-refractivity contribution in [2.75, 3.05) is 12.4 Å². The lowest BCUT2D eigenvalue weighted by Gasteiger charge is -2.15. The van der Waals surface area contributed by atoms with Crippen molar-refractivity contribution in [3.8, 4) is 16.9 Å². The molecule has 1 unspecified atom stereocenters. The van der Waals surface area contributed by atoms with Gasteiger partial charge in [-0.1, -0.05) is 0 Å². The zero-order valence-electron chi connectivity index (χ0n) is 15.8. The summed E-state index contributed by atoms with van der Waals surface area (Å²) in [5.41, 5.74) is 1.86. The number of aryl methyl sites for hydroxylation is 2. The maximum Gasteiger partial charge on any atom is 0.293 e. The van der Waals surface area contributed by atoms with Gasteiger partial charge in [0.1, 0.15) is 17.3 Å². The summed E-state index contributed by atoms with van der Waals surface area (Å²) in [5.74, 6) is 2.61. The fourth-order valence-corrected chi connectivity index (χ4v) is 4.02. The molecule has 2 aromatic heterocycles. The second-order valence-corrected chi connectivity index (χ2v) is 8.85. The zero-order valence-corrected chi connectivity index (χ0v) is 16.6. The zero-order chi connectivity index (χ0) is 19.1. The van der Waals surface area contributed by atoms with Crippen molar-refractivity contribution in [3.63, 3.8) is 0 Å². The van der Waals surface area contributed by atoms with Gasteiger partial charge in [0.15, 0.2) is 10.5 Å². The molecular weight excluding hydrogens is 362 g/mol. The van der Waals surface area contributed by atoms with Crippen LogP contribution in [-0.4, -0.2) is 21.5 Å². The van der Waals surface area contributed by atoms with Gasteiger partial charge >= 0.3 is 0 Å². The van der Waals surface area contributed by atoms with Crippen LogP contribution in [0.2, 0.25) is 0 Å². The molecule has 1 aromatic carbocycles. The van der Waals surface area contributed by atoms with Crippen molar-refractivity contribution in [3.05, 3.63) is 46.6 Å². The van der Waals surface area contributed by atoms with E-state index in [0.29, 0.717) is 29.6 Å². The molecule has 0 spiro atoms. The maximum atomic E-state index is 12.4. The molecule has 3 aromatic rings.